The highest BCUT2D eigenvalue weighted by Gasteiger charge is 2.16. The Kier molecular flexibility index (Phi) is 11.9. The largest absolute Gasteiger partial charge is 0.353 e. The molecule has 12 heteroatoms. The van der Waals surface area contributed by atoms with E-state index in [-0.39, 0.29) is 23.2 Å². The van der Waals surface area contributed by atoms with Crippen molar-refractivity contribution in [2.75, 3.05) is 52.4 Å². The van der Waals surface area contributed by atoms with Gasteiger partial charge in [0.1, 0.15) is 0 Å². The number of piperazine rings is 1. The second-order valence-electron chi connectivity index (χ2n) is 9.34. The highest BCUT2D eigenvalue weighted by Crippen LogP contribution is 2.15. The van der Waals surface area contributed by atoms with E-state index in [9.17, 15) is 29.8 Å². The molecule has 0 aromatic heterocycles. The number of benzene rings is 2. The molecule has 0 radical (unpaired) electrons. The Labute approximate surface area is 232 Å². The van der Waals surface area contributed by atoms with Gasteiger partial charge in [-0.2, -0.15) is 0 Å². The number of carbonyl (C=O) groups excluding carboxylic acids is 2. The molecular formula is C28H34N6O6. The van der Waals surface area contributed by atoms with Crippen molar-refractivity contribution in [3.63, 3.8) is 0 Å². The van der Waals surface area contributed by atoms with Crippen LogP contribution in [0, 0.1) is 20.2 Å². The van der Waals surface area contributed by atoms with Crippen molar-refractivity contribution in [1.29, 1.82) is 0 Å². The molecule has 0 bridgehead atoms. The highest BCUT2D eigenvalue weighted by atomic mass is 16.6. The smallest absolute Gasteiger partial charge is 0.270 e. The van der Waals surface area contributed by atoms with Crippen molar-refractivity contribution in [2.45, 2.75) is 12.8 Å². The van der Waals surface area contributed by atoms with Crippen LogP contribution in [0.15, 0.2) is 60.7 Å². The van der Waals surface area contributed by atoms with Gasteiger partial charge in [0.2, 0.25) is 11.8 Å². The second kappa shape index (κ2) is 15.9. The predicted molar refractivity (Wildman–Crippen MR) is 152 cm³/mol. The number of nitrogens with one attached hydrogen (secondary N) is 2. The highest BCUT2D eigenvalue weighted by molar-refractivity contribution is 5.92. The number of hydrogen-bond donors (Lipinski definition) is 2. The molecule has 2 aromatic rings. The summed E-state index contributed by atoms with van der Waals surface area (Å²) in [7, 11) is 0. The van der Waals surface area contributed by atoms with Crippen LogP contribution in [0.25, 0.3) is 12.2 Å². The normalized spacial score (nSPS) is 14.4. The lowest BCUT2D eigenvalue weighted by Crippen LogP contribution is -2.47. The lowest BCUT2D eigenvalue weighted by Gasteiger charge is -2.34. The fourth-order valence-electron chi connectivity index (χ4n) is 4.21. The van der Waals surface area contributed by atoms with Crippen LogP contribution >= 0.6 is 0 Å². The average molecular weight is 551 g/mol. The molecule has 1 fully saturated rings. The Morgan fingerprint density at radius 3 is 1.50 bits per heavy atom. The van der Waals surface area contributed by atoms with Gasteiger partial charge in [-0.25, -0.2) is 0 Å². The van der Waals surface area contributed by atoms with Crippen LogP contribution in [0.1, 0.15) is 24.0 Å². The van der Waals surface area contributed by atoms with Gasteiger partial charge in [0.05, 0.1) is 9.85 Å². The maximum Gasteiger partial charge on any atom is 0.270 e. The zero-order valence-corrected chi connectivity index (χ0v) is 22.2. The van der Waals surface area contributed by atoms with Crippen LogP contribution in [-0.4, -0.2) is 83.8 Å². The van der Waals surface area contributed by atoms with Crippen molar-refractivity contribution >= 4 is 35.3 Å². The van der Waals surface area contributed by atoms with Gasteiger partial charge in [-0.15, -0.1) is 0 Å². The van der Waals surface area contributed by atoms with Crippen LogP contribution in [0.4, 0.5) is 11.4 Å². The molecule has 0 aliphatic carbocycles. The zero-order valence-electron chi connectivity index (χ0n) is 22.2. The molecule has 1 heterocycles. The molecule has 0 spiro atoms. The van der Waals surface area contributed by atoms with Gasteiger partial charge in [-0.05, 0) is 49.2 Å². The Balaban J connectivity index is 1.23. The number of hydrogen-bond acceptors (Lipinski definition) is 8. The van der Waals surface area contributed by atoms with E-state index in [0.29, 0.717) is 24.2 Å². The number of nitro benzene ring substituents is 2. The van der Waals surface area contributed by atoms with Crippen LogP contribution in [0.5, 0.6) is 0 Å². The molecule has 1 aliphatic heterocycles. The summed E-state index contributed by atoms with van der Waals surface area (Å²) in [5, 5.41) is 27.4. The first-order chi connectivity index (χ1) is 19.3. The first-order valence-electron chi connectivity index (χ1n) is 13.2. The summed E-state index contributed by atoms with van der Waals surface area (Å²) >= 11 is 0. The van der Waals surface area contributed by atoms with Crippen molar-refractivity contribution in [1.82, 2.24) is 20.4 Å². The maximum atomic E-state index is 12.0. The zero-order chi connectivity index (χ0) is 28.7. The topological polar surface area (TPSA) is 151 Å². The van der Waals surface area contributed by atoms with Gasteiger partial charge in [-0.1, -0.05) is 24.3 Å². The molecule has 2 amide bonds. The summed E-state index contributed by atoms with van der Waals surface area (Å²) in [5.74, 6) is -0.467. The number of nitrogens with zero attached hydrogens (tertiary/aromatic N) is 4. The Hall–Kier alpha value is -4.42. The van der Waals surface area contributed by atoms with Crippen LogP contribution in [-0.2, 0) is 9.59 Å². The van der Waals surface area contributed by atoms with Crippen LogP contribution in [0.2, 0.25) is 0 Å². The minimum atomic E-state index is -0.468. The summed E-state index contributed by atoms with van der Waals surface area (Å²) in [6.07, 6.45) is 7.54. The van der Waals surface area contributed by atoms with Gasteiger partial charge in [0.15, 0.2) is 0 Å². The fourth-order valence-corrected chi connectivity index (χ4v) is 4.21. The molecule has 212 valence electrons. The van der Waals surface area contributed by atoms with E-state index in [1.807, 2.05) is 0 Å². The van der Waals surface area contributed by atoms with Crippen molar-refractivity contribution in [3.05, 3.63) is 92.0 Å². The molecule has 0 atom stereocenters. The van der Waals surface area contributed by atoms with Crippen molar-refractivity contribution < 1.29 is 19.4 Å². The van der Waals surface area contributed by atoms with Gasteiger partial charge >= 0.3 is 0 Å². The average Bonchev–Trinajstić information content (AvgIpc) is 2.96. The molecule has 3 rings (SSSR count). The summed E-state index contributed by atoms with van der Waals surface area (Å²) < 4.78 is 0. The summed E-state index contributed by atoms with van der Waals surface area (Å²) in [5.41, 5.74) is 1.16. The number of rotatable bonds is 14. The third kappa shape index (κ3) is 10.8. The van der Waals surface area contributed by atoms with E-state index < -0.39 is 9.85 Å². The van der Waals surface area contributed by atoms with E-state index in [0.717, 1.165) is 52.1 Å². The lowest BCUT2D eigenvalue weighted by atomic mass is 10.2. The molecule has 0 unspecified atom stereocenters. The minimum absolute atomic E-state index is 0.0145. The van der Waals surface area contributed by atoms with Gasteiger partial charge in [0, 0.05) is 75.7 Å². The van der Waals surface area contributed by atoms with Gasteiger partial charge < -0.3 is 20.4 Å². The Morgan fingerprint density at radius 1 is 0.725 bits per heavy atom. The first-order valence-corrected chi connectivity index (χ1v) is 13.2. The second-order valence-corrected chi connectivity index (χ2v) is 9.34. The number of amides is 2. The quantitative estimate of drug-likeness (QED) is 0.158. The number of non-ortho nitro benzene ring substituents is 2. The SMILES string of the molecule is O=C(/C=C/c1cccc([N+](=O)[O-])c1)NCCCN1CCN(CCCNC(=O)/C=C/c2cccc([N+](=O)[O-])c2)CC1. The number of carbonyl (C=O) groups is 2. The summed E-state index contributed by atoms with van der Waals surface area (Å²) in [4.78, 5) is 49.5. The number of nitro groups is 2. The van der Waals surface area contributed by atoms with E-state index in [1.54, 1.807) is 36.4 Å². The van der Waals surface area contributed by atoms with E-state index in [4.69, 9.17) is 0 Å². The summed E-state index contributed by atoms with van der Waals surface area (Å²) in [6.45, 7) is 6.64. The molecule has 1 aliphatic rings. The standard InChI is InChI=1S/C28H34N6O6/c35-27(11-9-23-5-1-7-25(21-23)33(37)38)29-13-3-15-31-17-19-32(20-18-31)16-4-14-30-28(36)12-10-24-6-2-8-26(22-24)34(39)40/h1-2,5-12,21-22H,3-4,13-20H2,(H,29,35)(H,30,36)/b11-9+,12-10+. The summed E-state index contributed by atoms with van der Waals surface area (Å²) in [6, 6.07) is 12.2. The van der Waals surface area contributed by atoms with Crippen LogP contribution < -0.4 is 10.6 Å². The van der Waals surface area contributed by atoms with Gasteiger partial charge in [0.25, 0.3) is 11.4 Å². The molecule has 2 N–H and O–H groups in total. The first kappa shape index (κ1) is 30.1. The molecule has 0 saturated carbocycles. The molecule has 2 aromatic carbocycles. The molecule has 1 saturated heterocycles. The van der Waals surface area contributed by atoms with E-state index in [1.165, 1.54) is 36.4 Å². The fraction of sp³-hybridized carbons (Fsp3) is 0.357. The molecule has 12 nitrogen and oxygen atoms in total. The monoisotopic (exact) mass is 550 g/mol. The Bertz CT molecular complexity index is 1140. The third-order valence-electron chi connectivity index (χ3n) is 6.38. The maximum absolute atomic E-state index is 12.0. The third-order valence-corrected chi connectivity index (χ3v) is 6.38. The van der Waals surface area contributed by atoms with Gasteiger partial charge in [-0.3, -0.25) is 29.8 Å². The Morgan fingerprint density at radius 2 is 1.12 bits per heavy atom. The van der Waals surface area contributed by atoms with E-state index >= 15 is 0 Å². The minimum Gasteiger partial charge on any atom is -0.353 e. The molecule has 40 heavy (non-hydrogen) atoms. The van der Waals surface area contributed by atoms with Crippen molar-refractivity contribution in [3.8, 4) is 0 Å². The predicted octanol–water partition coefficient (Wildman–Crippen LogP) is 2.86. The van der Waals surface area contributed by atoms with Crippen LogP contribution in [0.3, 0.4) is 0 Å². The molecular weight excluding hydrogens is 516 g/mol. The van der Waals surface area contributed by atoms with Crippen molar-refractivity contribution in [2.24, 2.45) is 0 Å². The van der Waals surface area contributed by atoms with E-state index in [2.05, 4.69) is 20.4 Å². The lowest BCUT2D eigenvalue weighted by molar-refractivity contribution is -0.385.